The first-order chi connectivity index (χ1) is 18.6. The fourth-order valence-corrected chi connectivity index (χ4v) is 5.42. The Morgan fingerprint density at radius 2 is 1.74 bits per heavy atom. The lowest BCUT2D eigenvalue weighted by atomic mass is 10.2. The van der Waals surface area contributed by atoms with Gasteiger partial charge < -0.3 is 14.2 Å². The SMILES string of the molecule is COc1cc(/C=C2\SC(=O)N(CC(=O)Nc3ccccc3)C2=O)ccc1OS(=O)(=O)c1ccccc1[N+](=O)[O-]. The maximum atomic E-state index is 12.8. The van der Waals surface area contributed by atoms with Crippen LogP contribution in [-0.4, -0.2) is 48.9 Å². The number of nitro benzene ring substituents is 1. The summed E-state index contributed by atoms with van der Waals surface area (Å²) in [6.07, 6.45) is 1.38. The molecule has 3 aromatic carbocycles. The summed E-state index contributed by atoms with van der Waals surface area (Å²) in [7, 11) is -3.35. The van der Waals surface area contributed by atoms with Crippen molar-refractivity contribution in [2.45, 2.75) is 4.90 Å². The number of methoxy groups -OCH3 is 1. The first kappa shape index (κ1) is 27.3. The molecule has 0 radical (unpaired) electrons. The number of benzene rings is 3. The van der Waals surface area contributed by atoms with E-state index in [9.17, 15) is 32.9 Å². The highest BCUT2D eigenvalue weighted by Gasteiger charge is 2.36. The van der Waals surface area contributed by atoms with E-state index in [4.69, 9.17) is 8.92 Å². The summed E-state index contributed by atoms with van der Waals surface area (Å²) in [4.78, 5) is 48.1. The second kappa shape index (κ2) is 11.4. The standard InChI is InChI=1S/C25H19N3O9S2/c1-36-20-13-16(11-12-19(20)37-39(34,35)22-10-6-5-9-18(22)28(32)33)14-21-24(30)27(25(31)38-21)15-23(29)26-17-7-3-2-4-8-17/h2-14H,15H2,1H3,(H,26,29)/b21-14-. The van der Waals surface area contributed by atoms with Gasteiger partial charge in [-0.15, -0.1) is 0 Å². The number of carbonyl (C=O) groups is 3. The molecular formula is C25H19N3O9S2. The van der Waals surface area contributed by atoms with Crippen molar-refractivity contribution in [3.05, 3.63) is 93.4 Å². The Hall–Kier alpha value is -4.69. The summed E-state index contributed by atoms with van der Waals surface area (Å²) in [5.74, 6) is -1.52. The van der Waals surface area contributed by atoms with Gasteiger partial charge in [-0.25, -0.2) is 0 Å². The Morgan fingerprint density at radius 1 is 1.05 bits per heavy atom. The molecule has 1 fully saturated rings. The molecule has 12 nitrogen and oxygen atoms in total. The number of rotatable bonds is 9. The van der Waals surface area contributed by atoms with Crippen LogP contribution in [-0.2, 0) is 19.7 Å². The first-order valence-corrected chi connectivity index (χ1v) is 13.3. The molecule has 0 unspecified atom stereocenters. The molecule has 1 aliphatic heterocycles. The average Bonchev–Trinajstić information content (AvgIpc) is 3.17. The van der Waals surface area contributed by atoms with Gasteiger partial charge in [0.2, 0.25) is 5.91 Å². The van der Waals surface area contributed by atoms with Crippen LogP contribution in [0.3, 0.4) is 0 Å². The fourth-order valence-electron chi connectivity index (χ4n) is 3.48. The number of carbonyl (C=O) groups excluding carboxylic acids is 3. The molecule has 0 bridgehead atoms. The summed E-state index contributed by atoms with van der Waals surface area (Å²) in [5, 5.41) is 13.2. The number of imide groups is 1. The third-order valence-electron chi connectivity index (χ3n) is 5.25. The van der Waals surface area contributed by atoms with E-state index in [1.54, 1.807) is 30.3 Å². The van der Waals surface area contributed by atoms with Crippen LogP contribution in [0.25, 0.3) is 6.08 Å². The van der Waals surface area contributed by atoms with E-state index in [-0.39, 0.29) is 16.4 Å². The van der Waals surface area contributed by atoms with Gasteiger partial charge in [-0.3, -0.25) is 29.4 Å². The number of ether oxygens (including phenoxy) is 1. The predicted octanol–water partition coefficient (Wildman–Crippen LogP) is 4.05. The Morgan fingerprint density at radius 3 is 2.44 bits per heavy atom. The molecule has 1 saturated heterocycles. The van der Waals surface area contributed by atoms with Gasteiger partial charge in [0.1, 0.15) is 6.54 Å². The molecule has 1 aliphatic rings. The number of amides is 3. The van der Waals surface area contributed by atoms with E-state index >= 15 is 0 Å². The molecule has 0 spiro atoms. The lowest BCUT2D eigenvalue weighted by Crippen LogP contribution is -2.36. The third-order valence-corrected chi connectivity index (χ3v) is 7.44. The quantitative estimate of drug-likeness (QED) is 0.172. The van der Waals surface area contributed by atoms with Crippen LogP contribution in [0.5, 0.6) is 11.5 Å². The van der Waals surface area contributed by atoms with Gasteiger partial charge in [0.05, 0.1) is 16.9 Å². The highest BCUT2D eigenvalue weighted by molar-refractivity contribution is 8.18. The summed E-state index contributed by atoms with van der Waals surface area (Å²) < 4.78 is 35.8. The molecule has 3 amide bonds. The number of nitro groups is 1. The van der Waals surface area contributed by atoms with Crippen molar-refractivity contribution >= 4 is 56.4 Å². The number of nitrogens with zero attached hydrogens (tertiary/aromatic N) is 2. The Labute approximate surface area is 226 Å². The first-order valence-electron chi connectivity index (χ1n) is 11.1. The largest absolute Gasteiger partial charge is 0.493 e. The monoisotopic (exact) mass is 569 g/mol. The molecule has 0 aliphatic carbocycles. The fraction of sp³-hybridized carbons (Fsp3) is 0.0800. The second-order valence-electron chi connectivity index (χ2n) is 7.85. The molecule has 0 saturated carbocycles. The van der Waals surface area contributed by atoms with Gasteiger partial charge in [0, 0.05) is 11.8 Å². The van der Waals surface area contributed by atoms with Crippen molar-refractivity contribution in [3.63, 3.8) is 0 Å². The maximum Gasteiger partial charge on any atom is 0.346 e. The van der Waals surface area contributed by atoms with Crippen LogP contribution in [0, 0.1) is 10.1 Å². The Balaban J connectivity index is 1.52. The zero-order valence-electron chi connectivity index (χ0n) is 20.1. The van der Waals surface area contributed by atoms with Gasteiger partial charge in [0.15, 0.2) is 16.4 Å². The minimum atomic E-state index is -4.60. The Bertz CT molecular complexity index is 1610. The molecule has 200 valence electrons. The number of hydrogen-bond donors (Lipinski definition) is 1. The zero-order valence-corrected chi connectivity index (χ0v) is 21.7. The van der Waals surface area contributed by atoms with E-state index in [0.29, 0.717) is 23.0 Å². The van der Waals surface area contributed by atoms with E-state index in [1.165, 1.54) is 43.5 Å². The lowest BCUT2D eigenvalue weighted by molar-refractivity contribution is -0.387. The zero-order chi connectivity index (χ0) is 28.2. The van der Waals surface area contributed by atoms with E-state index in [2.05, 4.69) is 5.32 Å². The van der Waals surface area contributed by atoms with Crippen LogP contribution >= 0.6 is 11.8 Å². The number of para-hydroxylation sites is 2. The van der Waals surface area contributed by atoms with Gasteiger partial charge in [0.25, 0.3) is 16.8 Å². The molecule has 0 aromatic heterocycles. The van der Waals surface area contributed by atoms with Crippen molar-refractivity contribution in [1.29, 1.82) is 0 Å². The molecule has 1 heterocycles. The third kappa shape index (κ3) is 6.25. The van der Waals surface area contributed by atoms with Crippen molar-refractivity contribution < 1.29 is 36.6 Å². The smallest absolute Gasteiger partial charge is 0.346 e. The van der Waals surface area contributed by atoms with Crippen molar-refractivity contribution in [2.75, 3.05) is 19.0 Å². The van der Waals surface area contributed by atoms with Gasteiger partial charge in [-0.2, -0.15) is 8.42 Å². The number of hydrogen-bond acceptors (Lipinski definition) is 10. The highest BCUT2D eigenvalue weighted by atomic mass is 32.2. The van der Waals surface area contributed by atoms with E-state index in [1.807, 2.05) is 0 Å². The van der Waals surface area contributed by atoms with Gasteiger partial charge in [-0.1, -0.05) is 36.4 Å². The van der Waals surface area contributed by atoms with Gasteiger partial charge >= 0.3 is 10.1 Å². The molecule has 0 atom stereocenters. The molecule has 1 N–H and O–H groups in total. The van der Waals surface area contributed by atoms with Crippen molar-refractivity contribution in [2.24, 2.45) is 0 Å². The number of anilines is 1. The van der Waals surface area contributed by atoms with Crippen LogP contribution in [0.15, 0.2) is 82.6 Å². The minimum absolute atomic E-state index is 0.0377. The maximum absolute atomic E-state index is 12.8. The number of nitrogens with one attached hydrogen (secondary N) is 1. The minimum Gasteiger partial charge on any atom is -0.493 e. The van der Waals surface area contributed by atoms with Crippen LogP contribution in [0.4, 0.5) is 16.2 Å². The molecule has 39 heavy (non-hydrogen) atoms. The van der Waals surface area contributed by atoms with E-state index < -0.39 is 49.2 Å². The number of thioether (sulfide) groups is 1. The summed E-state index contributed by atoms with van der Waals surface area (Å²) in [6.45, 7) is -0.476. The average molecular weight is 570 g/mol. The van der Waals surface area contributed by atoms with Crippen LogP contribution in [0.2, 0.25) is 0 Å². The van der Waals surface area contributed by atoms with E-state index in [0.717, 1.165) is 17.0 Å². The summed E-state index contributed by atoms with van der Waals surface area (Å²) >= 11 is 0.641. The Kier molecular flexibility index (Phi) is 7.97. The molecule has 3 aromatic rings. The summed E-state index contributed by atoms with van der Waals surface area (Å²) in [5.41, 5.74) is 0.228. The lowest BCUT2D eigenvalue weighted by Gasteiger charge is -2.12. The molecular weight excluding hydrogens is 550 g/mol. The van der Waals surface area contributed by atoms with Crippen LogP contribution in [0.1, 0.15) is 5.56 Å². The highest BCUT2D eigenvalue weighted by Crippen LogP contribution is 2.36. The molecule has 14 heteroatoms. The molecule has 4 rings (SSSR count). The van der Waals surface area contributed by atoms with Crippen LogP contribution < -0.4 is 14.2 Å². The van der Waals surface area contributed by atoms with Crippen molar-refractivity contribution in [1.82, 2.24) is 4.90 Å². The topological polar surface area (TPSA) is 162 Å². The predicted molar refractivity (Wildman–Crippen MR) is 142 cm³/mol. The second-order valence-corrected chi connectivity index (χ2v) is 10.4. The summed E-state index contributed by atoms with van der Waals surface area (Å²) in [6, 6.07) is 17.3. The van der Waals surface area contributed by atoms with Gasteiger partial charge in [-0.05, 0) is 53.7 Å². The van der Waals surface area contributed by atoms with Crippen molar-refractivity contribution in [3.8, 4) is 11.5 Å². The normalized spacial score (nSPS) is 14.4.